The van der Waals surface area contributed by atoms with Crippen LogP contribution in [0.3, 0.4) is 0 Å². The summed E-state index contributed by atoms with van der Waals surface area (Å²) in [4.78, 5) is 12.7. The van der Waals surface area contributed by atoms with Crippen LogP contribution in [0.15, 0.2) is 0 Å². The average Bonchev–Trinajstić information content (AvgIpc) is 2.94. The first kappa shape index (κ1) is 16.4. The van der Waals surface area contributed by atoms with E-state index < -0.39 is 0 Å². The fourth-order valence-corrected chi connectivity index (χ4v) is 8.45. The van der Waals surface area contributed by atoms with Crippen molar-refractivity contribution in [1.82, 2.24) is 0 Å². The van der Waals surface area contributed by atoms with Crippen molar-refractivity contribution in [3.8, 4) is 0 Å². The number of hydrogen-bond donors (Lipinski definition) is 0. The van der Waals surface area contributed by atoms with E-state index in [1.165, 1.54) is 57.8 Å². The Morgan fingerprint density at radius 3 is 2.57 bits per heavy atom. The minimum absolute atomic E-state index is 0.0548. The van der Waals surface area contributed by atoms with Crippen LogP contribution < -0.4 is 0 Å². The zero-order valence-corrected chi connectivity index (χ0v) is 15.7. The van der Waals surface area contributed by atoms with Gasteiger partial charge in [0.2, 0.25) is 0 Å². The summed E-state index contributed by atoms with van der Waals surface area (Å²) in [6.45, 7) is 4.48. The van der Waals surface area contributed by atoms with Crippen LogP contribution in [-0.2, 0) is 4.79 Å². The highest BCUT2D eigenvalue weighted by molar-refractivity contribution is 6.18. The van der Waals surface area contributed by atoms with E-state index >= 15 is 0 Å². The van der Waals surface area contributed by atoms with E-state index in [9.17, 15) is 4.79 Å². The monoisotopic (exact) mass is 336 g/mol. The topological polar surface area (TPSA) is 17.1 Å². The van der Waals surface area contributed by atoms with Crippen molar-refractivity contribution in [2.75, 3.05) is 5.88 Å². The second kappa shape index (κ2) is 5.75. The molecule has 0 aromatic heterocycles. The van der Waals surface area contributed by atoms with Crippen LogP contribution in [0.25, 0.3) is 0 Å². The van der Waals surface area contributed by atoms with Gasteiger partial charge >= 0.3 is 0 Å². The van der Waals surface area contributed by atoms with Gasteiger partial charge in [-0.15, -0.1) is 11.6 Å². The number of ketones is 1. The number of rotatable bonds is 2. The maximum atomic E-state index is 12.7. The first-order valence-corrected chi connectivity index (χ1v) is 10.6. The number of carbonyl (C=O) groups excluding carboxylic acids is 1. The number of alkyl halides is 1. The first-order chi connectivity index (χ1) is 11.0. The minimum Gasteiger partial charge on any atom is -0.299 e. The summed E-state index contributed by atoms with van der Waals surface area (Å²) in [5.74, 6) is 4.89. The Morgan fingerprint density at radius 2 is 1.83 bits per heavy atom. The highest BCUT2D eigenvalue weighted by atomic mass is 35.5. The van der Waals surface area contributed by atoms with E-state index in [1.807, 2.05) is 6.92 Å². The van der Waals surface area contributed by atoms with Gasteiger partial charge in [0.05, 0.1) is 0 Å². The highest BCUT2D eigenvalue weighted by Crippen LogP contribution is 2.67. The SMILES string of the molecule is CC(=O)[C@]12CC[C@H]3[C@@H](CC[C@H]4CCCC[C@@]43C)[C@@H]1CC[C@@H]2CCl. The van der Waals surface area contributed by atoms with E-state index in [4.69, 9.17) is 11.6 Å². The number of hydrogen-bond acceptors (Lipinski definition) is 1. The molecule has 0 saturated heterocycles. The van der Waals surface area contributed by atoms with Crippen molar-refractivity contribution in [1.29, 1.82) is 0 Å². The molecule has 0 unspecified atom stereocenters. The van der Waals surface area contributed by atoms with Crippen LogP contribution in [0, 0.1) is 40.4 Å². The third kappa shape index (κ3) is 2.14. The van der Waals surface area contributed by atoms with Crippen molar-refractivity contribution in [2.45, 2.75) is 78.1 Å². The van der Waals surface area contributed by atoms with Crippen LogP contribution in [0.5, 0.6) is 0 Å². The summed E-state index contributed by atoms with van der Waals surface area (Å²) in [7, 11) is 0. The molecule has 0 N–H and O–H groups in total. The Morgan fingerprint density at radius 1 is 1.00 bits per heavy atom. The van der Waals surface area contributed by atoms with Gasteiger partial charge < -0.3 is 0 Å². The first-order valence-electron chi connectivity index (χ1n) is 10.1. The van der Waals surface area contributed by atoms with Gasteiger partial charge in [-0.25, -0.2) is 0 Å². The second-order valence-corrected chi connectivity index (χ2v) is 9.78. The molecule has 7 atom stereocenters. The normalized spacial score (nSPS) is 52.4. The Bertz CT molecular complexity index is 488. The van der Waals surface area contributed by atoms with Gasteiger partial charge in [-0.1, -0.05) is 19.8 Å². The molecular formula is C21H33ClO. The standard InChI is InChI=1S/C21H33ClO/c1-14(23)21-12-10-18-17(19(21)9-7-16(21)13-22)8-6-15-5-3-4-11-20(15,18)2/h15-19H,3-13H2,1-2H3/t15-,16-,17-,18+,19+,20+,21+/m1/s1. The molecule has 0 amide bonds. The number of Topliss-reactive ketones (excluding diaryl/α,β-unsaturated/α-hetero) is 1. The lowest BCUT2D eigenvalue weighted by Crippen LogP contribution is -2.55. The molecule has 23 heavy (non-hydrogen) atoms. The second-order valence-electron chi connectivity index (χ2n) is 9.47. The summed E-state index contributed by atoms with van der Waals surface area (Å²) in [6, 6.07) is 0. The van der Waals surface area contributed by atoms with Crippen molar-refractivity contribution in [2.24, 2.45) is 40.4 Å². The van der Waals surface area contributed by atoms with E-state index in [2.05, 4.69) is 6.92 Å². The van der Waals surface area contributed by atoms with E-state index in [0.717, 1.165) is 24.2 Å². The quantitative estimate of drug-likeness (QED) is 0.578. The predicted octanol–water partition coefficient (Wildman–Crippen LogP) is 5.84. The van der Waals surface area contributed by atoms with Crippen LogP contribution >= 0.6 is 11.6 Å². The van der Waals surface area contributed by atoms with Gasteiger partial charge in [-0.3, -0.25) is 4.79 Å². The van der Waals surface area contributed by atoms with Gasteiger partial charge in [0.25, 0.3) is 0 Å². The molecule has 130 valence electrons. The molecule has 2 heteroatoms. The van der Waals surface area contributed by atoms with Crippen LogP contribution in [0.4, 0.5) is 0 Å². The molecule has 4 aliphatic carbocycles. The molecule has 0 aliphatic heterocycles. The molecule has 0 spiro atoms. The molecule has 1 nitrogen and oxygen atoms in total. The third-order valence-electron chi connectivity index (χ3n) is 9.11. The van der Waals surface area contributed by atoms with Gasteiger partial charge in [0, 0.05) is 11.3 Å². The maximum Gasteiger partial charge on any atom is 0.136 e. The Hall–Kier alpha value is -0.0400. The Kier molecular flexibility index (Phi) is 4.11. The van der Waals surface area contributed by atoms with Crippen molar-refractivity contribution in [3.63, 3.8) is 0 Å². The summed E-state index contributed by atoms with van der Waals surface area (Å²) >= 11 is 6.32. The smallest absolute Gasteiger partial charge is 0.136 e. The largest absolute Gasteiger partial charge is 0.299 e. The van der Waals surface area contributed by atoms with Crippen molar-refractivity contribution >= 4 is 17.4 Å². The lowest BCUT2D eigenvalue weighted by molar-refractivity contribution is -0.149. The molecule has 0 radical (unpaired) electrons. The fraction of sp³-hybridized carbons (Fsp3) is 0.952. The Balaban J connectivity index is 1.68. The van der Waals surface area contributed by atoms with Crippen LogP contribution in [0.2, 0.25) is 0 Å². The van der Waals surface area contributed by atoms with Gasteiger partial charge in [-0.2, -0.15) is 0 Å². The maximum absolute atomic E-state index is 12.7. The highest BCUT2D eigenvalue weighted by Gasteiger charge is 2.62. The van der Waals surface area contributed by atoms with Crippen molar-refractivity contribution in [3.05, 3.63) is 0 Å². The number of carbonyl (C=O) groups is 1. The molecule has 0 heterocycles. The zero-order chi connectivity index (χ0) is 16.2. The lowest BCUT2D eigenvalue weighted by atomic mass is 9.44. The van der Waals surface area contributed by atoms with E-state index in [0.29, 0.717) is 28.9 Å². The van der Waals surface area contributed by atoms with Gasteiger partial charge in [0.1, 0.15) is 5.78 Å². The molecule has 0 aromatic rings. The number of fused-ring (bicyclic) bond motifs is 5. The van der Waals surface area contributed by atoms with Crippen LogP contribution in [-0.4, -0.2) is 11.7 Å². The fourth-order valence-electron chi connectivity index (χ4n) is 8.02. The molecular weight excluding hydrogens is 304 g/mol. The Labute approximate surface area is 146 Å². The third-order valence-corrected chi connectivity index (χ3v) is 9.48. The van der Waals surface area contributed by atoms with E-state index in [1.54, 1.807) is 0 Å². The van der Waals surface area contributed by atoms with Gasteiger partial charge in [0.15, 0.2) is 0 Å². The molecule has 0 aromatic carbocycles. The van der Waals surface area contributed by atoms with E-state index in [-0.39, 0.29) is 5.41 Å². The molecule has 4 fully saturated rings. The van der Waals surface area contributed by atoms with Gasteiger partial charge in [-0.05, 0) is 93.3 Å². The molecule has 4 aliphatic rings. The minimum atomic E-state index is -0.0548. The summed E-state index contributed by atoms with van der Waals surface area (Å²) < 4.78 is 0. The zero-order valence-electron chi connectivity index (χ0n) is 15.0. The summed E-state index contributed by atoms with van der Waals surface area (Å²) in [5.41, 5.74) is 0.518. The summed E-state index contributed by atoms with van der Waals surface area (Å²) in [6.07, 6.45) is 13.5. The van der Waals surface area contributed by atoms with Crippen LogP contribution in [0.1, 0.15) is 78.1 Å². The predicted molar refractivity (Wildman–Crippen MR) is 95.6 cm³/mol. The number of halogens is 1. The van der Waals surface area contributed by atoms with Crippen molar-refractivity contribution < 1.29 is 4.79 Å². The lowest BCUT2D eigenvalue weighted by Gasteiger charge is -2.60. The molecule has 4 saturated carbocycles. The molecule has 4 rings (SSSR count). The molecule has 0 bridgehead atoms. The average molecular weight is 337 g/mol. The summed E-state index contributed by atoms with van der Waals surface area (Å²) in [5, 5.41) is 0.